The van der Waals surface area contributed by atoms with Gasteiger partial charge in [-0.05, 0) is 43.9 Å². The Labute approximate surface area is 176 Å². The van der Waals surface area contributed by atoms with Gasteiger partial charge in [0.05, 0.1) is 5.56 Å². The summed E-state index contributed by atoms with van der Waals surface area (Å²) in [7, 11) is 0. The fourth-order valence-corrected chi connectivity index (χ4v) is 4.19. The first-order chi connectivity index (χ1) is 14.3. The van der Waals surface area contributed by atoms with Crippen molar-refractivity contribution in [2.75, 3.05) is 5.32 Å². The Morgan fingerprint density at radius 1 is 1.13 bits per heavy atom. The molecule has 0 aromatic heterocycles. The number of nitrogens with one attached hydrogen (secondary N) is 2. The molecule has 1 saturated carbocycles. The van der Waals surface area contributed by atoms with Crippen molar-refractivity contribution >= 4 is 40.1 Å². The highest BCUT2D eigenvalue weighted by Crippen LogP contribution is 2.31. The van der Waals surface area contributed by atoms with Gasteiger partial charge < -0.3 is 10.6 Å². The second-order valence-corrected chi connectivity index (χ2v) is 8.46. The number of nitrogens with zero attached hydrogens (tertiary/aromatic N) is 2. The number of benzene rings is 1. The first kappa shape index (κ1) is 22.3. The van der Waals surface area contributed by atoms with Crippen LogP contribution in [0.2, 0.25) is 0 Å². The van der Waals surface area contributed by atoms with Crippen LogP contribution in [-0.2, 0) is 15.8 Å². The van der Waals surface area contributed by atoms with Crippen LogP contribution in [0.4, 0.5) is 18.9 Å². The summed E-state index contributed by atoms with van der Waals surface area (Å²) in [5.74, 6) is -0.912. The standard InChI is InChI=1S/C20H23F3N4O2S/c21-20(22,23)13-7-6-10-15(11-13)24-17(28)12-16-18(29)25-19(30-16)27-26-14-8-4-2-1-3-5-9-14/h6-7,10-11,16H,1-5,8-9,12H2,(H,24,28)(H,25,27,29)/t16-/m0/s1. The molecule has 1 heterocycles. The number of amides is 2. The van der Waals surface area contributed by atoms with Gasteiger partial charge in [-0.3, -0.25) is 9.59 Å². The largest absolute Gasteiger partial charge is 0.416 e. The molecule has 2 fully saturated rings. The highest BCUT2D eigenvalue weighted by molar-refractivity contribution is 8.15. The molecule has 1 aliphatic heterocycles. The molecule has 2 amide bonds. The van der Waals surface area contributed by atoms with Crippen molar-refractivity contribution in [3.63, 3.8) is 0 Å². The van der Waals surface area contributed by atoms with Crippen molar-refractivity contribution < 1.29 is 22.8 Å². The van der Waals surface area contributed by atoms with E-state index in [1.807, 2.05) is 0 Å². The molecule has 1 saturated heterocycles. The topological polar surface area (TPSA) is 82.9 Å². The molecular formula is C20H23F3N4O2S. The van der Waals surface area contributed by atoms with Crippen molar-refractivity contribution in [1.82, 2.24) is 5.32 Å². The number of hydrogen-bond acceptors (Lipinski definition) is 5. The third-order valence-corrected chi connectivity index (χ3v) is 5.91. The van der Waals surface area contributed by atoms with Crippen LogP contribution in [0.15, 0.2) is 34.5 Å². The van der Waals surface area contributed by atoms with Crippen molar-refractivity contribution in [3.05, 3.63) is 29.8 Å². The van der Waals surface area contributed by atoms with Gasteiger partial charge >= 0.3 is 6.18 Å². The van der Waals surface area contributed by atoms with E-state index in [0.29, 0.717) is 5.17 Å². The molecule has 0 bridgehead atoms. The van der Waals surface area contributed by atoms with Crippen LogP contribution in [0.3, 0.4) is 0 Å². The predicted octanol–water partition coefficient (Wildman–Crippen LogP) is 4.72. The third-order valence-electron chi connectivity index (χ3n) is 4.83. The molecular weight excluding hydrogens is 417 g/mol. The Balaban J connectivity index is 1.56. The first-order valence-corrected chi connectivity index (χ1v) is 10.8. The maximum absolute atomic E-state index is 12.8. The number of thioether (sulfide) groups is 1. The van der Waals surface area contributed by atoms with Crippen LogP contribution in [0.1, 0.15) is 56.9 Å². The van der Waals surface area contributed by atoms with E-state index in [-0.39, 0.29) is 18.0 Å². The fourth-order valence-electron chi connectivity index (χ4n) is 3.27. The molecule has 2 N–H and O–H groups in total. The molecule has 1 aromatic carbocycles. The summed E-state index contributed by atoms with van der Waals surface area (Å²) >= 11 is 1.10. The Morgan fingerprint density at radius 2 is 1.83 bits per heavy atom. The molecule has 1 atom stereocenters. The highest BCUT2D eigenvalue weighted by atomic mass is 32.2. The zero-order valence-corrected chi connectivity index (χ0v) is 17.1. The molecule has 3 rings (SSSR count). The molecule has 30 heavy (non-hydrogen) atoms. The van der Waals surface area contributed by atoms with Gasteiger partial charge in [-0.2, -0.15) is 18.3 Å². The first-order valence-electron chi connectivity index (χ1n) is 9.89. The predicted molar refractivity (Wildman–Crippen MR) is 111 cm³/mol. The van der Waals surface area contributed by atoms with E-state index in [9.17, 15) is 22.8 Å². The average Bonchev–Trinajstić information content (AvgIpc) is 2.99. The Kier molecular flexibility index (Phi) is 7.52. The second-order valence-electron chi connectivity index (χ2n) is 7.27. The summed E-state index contributed by atoms with van der Waals surface area (Å²) in [4.78, 5) is 24.3. The van der Waals surface area contributed by atoms with Crippen LogP contribution in [0.5, 0.6) is 0 Å². The van der Waals surface area contributed by atoms with Crippen molar-refractivity contribution in [2.24, 2.45) is 10.2 Å². The van der Waals surface area contributed by atoms with E-state index in [4.69, 9.17) is 0 Å². The van der Waals surface area contributed by atoms with E-state index in [2.05, 4.69) is 20.8 Å². The quantitative estimate of drug-likeness (QED) is 0.665. The van der Waals surface area contributed by atoms with Crippen LogP contribution in [0.25, 0.3) is 0 Å². The molecule has 0 spiro atoms. The lowest BCUT2D eigenvalue weighted by molar-refractivity contribution is -0.137. The minimum Gasteiger partial charge on any atom is -0.326 e. The maximum Gasteiger partial charge on any atom is 0.416 e. The number of halogens is 3. The van der Waals surface area contributed by atoms with Gasteiger partial charge in [0.25, 0.3) is 0 Å². The van der Waals surface area contributed by atoms with Crippen LogP contribution >= 0.6 is 11.8 Å². The van der Waals surface area contributed by atoms with Crippen molar-refractivity contribution in [3.8, 4) is 0 Å². The SMILES string of the molecule is O=C(C[C@@H]1S/C(=N/N=C2CCCCCCC2)NC1=O)Nc1cccc(C(F)(F)F)c1. The van der Waals surface area contributed by atoms with E-state index < -0.39 is 22.9 Å². The molecule has 162 valence electrons. The van der Waals surface area contributed by atoms with Crippen molar-refractivity contribution in [2.45, 2.75) is 62.8 Å². The summed E-state index contributed by atoms with van der Waals surface area (Å²) in [5, 5.41) is 13.1. The molecule has 0 unspecified atom stereocenters. The number of hydrogen-bond donors (Lipinski definition) is 2. The van der Waals surface area contributed by atoms with Crippen molar-refractivity contribution in [1.29, 1.82) is 0 Å². The molecule has 1 aromatic rings. The van der Waals surface area contributed by atoms with Crippen LogP contribution in [0, 0.1) is 0 Å². The molecule has 1 aliphatic carbocycles. The molecule has 6 nitrogen and oxygen atoms in total. The van der Waals surface area contributed by atoms with E-state index in [0.717, 1.165) is 55.3 Å². The monoisotopic (exact) mass is 440 g/mol. The lowest BCUT2D eigenvalue weighted by Crippen LogP contribution is -2.28. The Hall–Kier alpha value is -2.36. The summed E-state index contributed by atoms with van der Waals surface area (Å²) in [6.07, 6.45) is 2.92. The second kappa shape index (κ2) is 10.1. The zero-order chi connectivity index (χ0) is 21.6. The summed E-state index contributed by atoms with van der Waals surface area (Å²) < 4.78 is 38.4. The number of alkyl halides is 3. The summed E-state index contributed by atoms with van der Waals surface area (Å²) in [5.41, 5.74) is 0.196. The van der Waals surface area contributed by atoms with Gasteiger partial charge in [-0.1, -0.05) is 37.1 Å². The zero-order valence-electron chi connectivity index (χ0n) is 16.3. The lowest BCUT2D eigenvalue weighted by atomic mass is 9.99. The van der Waals surface area contributed by atoms with Gasteiger partial charge in [0.15, 0.2) is 5.17 Å². The number of carbonyl (C=O) groups excluding carboxylic acids is 2. The van der Waals surface area contributed by atoms with E-state index in [1.54, 1.807) is 0 Å². The summed E-state index contributed by atoms with van der Waals surface area (Å²) in [6, 6.07) is 4.37. The van der Waals surface area contributed by atoms with Crippen LogP contribution < -0.4 is 10.6 Å². The number of carbonyl (C=O) groups is 2. The van der Waals surface area contributed by atoms with Gasteiger partial charge in [0.2, 0.25) is 11.8 Å². The fraction of sp³-hybridized carbons (Fsp3) is 0.500. The number of rotatable bonds is 4. The van der Waals surface area contributed by atoms with Gasteiger partial charge in [0.1, 0.15) is 5.25 Å². The Morgan fingerprint density at radius 3 is 2.53 bits per heavy atom. The van der Waals surface area contributed by atoms with E-state index in [1.165, 1.54) is 31.4 Å². The van der Waals surface area contributed by atoms with E-state index >= 15 is 0 Å². The van der Waals surface area contributed by atoms with Gasteiger partial charge in [0, 0.05) is 17.8 Å². The minimum absolute atomic E-state index is 0.0304. The van der Waals surface area contributed by atoms with Gasteiger partial charge in [-0.25, -0.2) is 0 Å². The average molecular weight is 440 g/mol. The normalized spacial score (nSPS) is 21.7. The number of amidine groups is 1. The third kappa shape index (κ3) is 6.58. The maximum atomic E-state index is 12.8. The molecule has 10 heteroatoms. The van der Waals surface area contributed by atoms with Gasteiger partial charge in [-0.15, -0.1) is 5.10 Å². The molecule has 2 aliphatic rings. The molecule has 0 radical (unpaired) electrons. The highest BCUT2D eigenvalue weighted by Gasteiger charge is 2.33. The Bertz CT molecular complexity index is 845. The van der Waals surface area contributed by atoms with Crippen LogP contribution in [-0.4, -0.2) is 27.9 Å². The number of anilines is 1. The summed E-state index contributed by atoms with van der Waals surface area (Å²) in [6.45, 7) is 0. The lowest BCUT2D eigenvalue weighted by Gasteiger charge is -2.10. The smallest absolute Gasteiger partial charge is 0.326 e. The minimum atomic E-state index is -4.49.